The van der Waals surface area contributed by atoms with Crippen molar-refractivity contribution in [3.63, 3.8) is 0 Å². The second-order valence-corrected chi connectivity index (χ2v) is 14.1. The zero-order valence-corrected chi connectivity index (χ0v) is 24.0. The minimum Gasteiger partial charge on any atom is -0.434 e. The highest BCUT2D eigenvalue weighted by Gasteiger charge is 2.81. The molecule has 0 spiro atoms. The molecule has 0 aromatic heterocycles. The van der Waals surface area contributed by atoms with Crippen LogP contribution in [0.15, 0.2) is 11.8 Å². The Bertz CT molecular complexity index is 1160. The number of aliphatic hydroxyl groups is 4. The van der Waals surface area contributed by atoms with E-state index in [9.17, 15) is 30.0 Å². The lowest BCUT2D eigenvalue weighted by molar-refractivity contribution is -0.313. The molecular weight excluding hydrogens is 536 g/mol. The molecule has 4 saturated carbocycles. The first-order valence-electron chi connectivity index (χ1n) is 15.0. The number of Topliss-reactive ketones (excluding diaryl/α,β-unsaturated/α-hetero) is 1. The van der Waals surface area contributed by atoms with Gasteiger partial charge in [-0.3, -0.25) is 9.59 Å². The van der Waals surface area contributed by atoms with E-state index in [1.807, 2.05) is 0 Å². The van der Waals surface area contributed by atoms with Gasteiger partial charge in [0.2, 0.25) is 0 Å². The zero-order valence-electron chi connectivity index (χ0n) is 24.0. The van der Waals surface area contributed by atoms with Crippen molar-refractivity contribution in [3.05, 3.63) is 11.8 Å². The number of methoxy groups -OCH3 is 1. The van der Waals surface area contributed by atoms with Gasteiger partial charge in [-0.15, -0.1) is 0 Å². The summed E-state index contributed by atoms with van der Waals surface area (Å²) in [6.07, 6.45) is -2.46. The number of ketones is 1. The van der Waals surface area contributed by atoms with Gasteiger partial charge in [0.15, 0.2) is 12.1 Å². The molecule has 3 heterocycles. The van der Waals surface area contributed by atoms with Gasteiger partial charge < -0.3 is 44.1 Å². The number of esters is 1. The van der Waals surface area contributed by atoms with Crippen molar-refractivity contribution in [2.75, 3.05) is 7.11 Å². The minimum atomic E-state index is -1.46. The molecule has 16 unspecified atom stereocenters. The van der Waals surface area contributed by atoms with Crippen LogP contribution in [-0.4, -0.2) is 100 Å². The van der Waals surface area contributed by atoms with E-state index < -0.39 is 77.1 Å². The summed E-state index contributed by atoms with van der Waals surface area (Å²) in [5.41, 5.74) is -2.51. The number of cyclic esters (lactones) is 1. The van der Waals surface area contributed by atoms with Crippen LogP contribution >= 0.6 is 0 Å². The Morgan fingerprint density at radius 2 is 1.78 bits per heavy atom. The number of aliphatic hydroxyl groups excluding tert-OH is 3. The molecule has 6 fully saturated rings. The summed E-state index contributed by atoms with van der Waals surface area (Å²) < 4.78 is 29.1. The van der Waals surface area contributed by atoms with E-state index >= 15 is 0 Å². The Morgan fingerprint density at radius 1 is 1.02 bits per heavy atom. The molecule has 0 aromatic carbocycles. The van der Waals surface area contributed by atoms with Crippen LogP contribution in [0.4, 0.5) is 0 Å². The molecule has 11 nitrogen and oxygen atoms in total. The maximum atomic E-state index is 14.2. The van der Waals surface area contributed by atoms with Gasteiger partial charge in [0, 0.05) is 24.9 Å². The average Bonchev–Trinajstić information content (AvgIpc) is 3.55. The van der Waals surface area contributed by atoms with Gasteiger partial charge >= 0.3 is 5.97 Å². The summed E-state index contributed by atoms with van der Waals surface area (Å²) in [5.74, 6) is -2.06. The van der Waals surface area contributed by atoms with Crippen LogP contribution < -0.4 is 0 Å². The Labute approximate surface area is 239 Å². The highest BCUT2D eigenvalue weighted by molar-refractivity contribution is 5.93. The van der Waals surface area contributed by atoms with Gasteiger partial charge in [-0.25, -0.2) is 0 Å². The Kier molecular flexibility index (Phi) is 6.41. The molecule has 2 saturated heterocycles. The first-order chi connectivity index (χ1) is 19.4. The Balaban J connectivity index is 1.15. The van der Waals surface area contributed by atoms with Crippen molar-refractivity contribution < 1.29 is 53.7 Å². The van der Waals surface area contributed by atoms with E-state index in [0.717, 1.165) is 0 Å². The van der Waals surface area contributed by atoms with Gasteiger partial charge in [-0.05, 0) is 62.9 Å². The summed E-state index contributed by atoms with van der Waals surface area (Å²) in [6.45, 7) is 5.58. The lowest BCUT2D eigenvalue weighted by Crippen LogP contribution is -2.72. The molecule has 228 valence electrons. The topological polar surface area (TPSA) is 161 Å². The number of fused-ring (bicyclic) bond motifs is 2. The van der Waals surface area contributed by atoms with Gasteiger partial charge in [0.25, 0.3) is 0 Å². The van der Waals surface area contributed by atoms with Crippen molar-refractivity contribution in [1.82, 2.24) is 0 Å². The quantitative estimate of drug-likeness (QED) is 0.273. The third-order valence-electron chi connectivity index (χ3n) is 12.5. The molecule has 7 rings (SSSR count). The Morgan fingerprint density at radius 3 is 2.46 bits per heavy atom. The van der Waals surface area contributed by atoms with E-state index in [1.165, 1.54) is 13.4 Å². The molecule has 3 aliphatic heterocycles. The van der Waals surface area contributed by atoms with Crippen molar-refractivity contribution in [1.29, 1.82) is 0 Å². The van der Waals surface area contributed by atoms with E-state index in [1.54, 1.807) is 13.8 Å². The Hall–Kier alpha value is -1.44. The van der Waals surface area contributed by atoms with Crippen LogP contribution in [-0.2, 0) is 33.3 Å². The number of hydrogen-bond donors (Lipinski definition) is 4. The summed E-state index contributed by atoms with van der Waals surface area (Å²) in [6, 6.07) is 0. The number of hydrogen-bond acceptors (Lipinski definition) is 11. The fraction of sp³-hybridized carbons (Fsp3) is 0.867. The van der Waals surface area contributed by atoms with E-state index in [2.05, 4.69) is 6.92 Å². The van der Waals surface area contributed by atoms with Crippen LogP contribution in [0.3, 0.4) is 0 Å². The SMILES string of the molecule is COC1C(O)C(C)OC(OC2CCC3(C)C(C2)CC2OC4CC(C5=COC(=O)C5)C5(C)C(=O)C(O)C3C2C45O)C1O. The molecule has 0 radical (unpaired) electrons. The molecular formula is C30H42O11. The molecule has 41 heavy (non-hydrogen) atoms. The molecule has 4 aliphatic carbocycles. The van der Waals surface area contributed by atoms with E-state index in [-0.39, 0.29) is 36.3 Å². The van der Waals surface area contributed by atoms with Gasteiger partial charge in [0.05, 0.1) is 42.5 Å². The lowest BCUT2D eigenvalue weighted by Gasteiger charge is -2.63. The number of ether oxygens (including phenoxy) is 5. The van der Waals surface area contributed by atoms with Crippen LogP contribution in [0.1, 0.15) is 59.3 Å². The molecule has 0 aromatic rings. The number of rotatable bonds is 4. The smallest absolute Gasteiger partial charge is 0.314 e. The molecule has 16 atom stereocenters. The number of carbonyl (C=O) groups is 2. The summed E-state index contributed by atoms with van der Waals surface area (Å²) in [4.78, 5) is 26.1. The number of carbonyl (C=O) groups excluding carboxylic acids is 2. The van der Waals surface area contributed by atoms with Crippen molar-refractivity contribution >= 4 is 11.8 Å². The maximum absolute atomic E-state index is 14.2. The molecule has 11 heteroatoms. The standard InChI is InChI=1S/C30H42O11/c1-12-22(32)25(37-4)24(34)27(39-12)40-15-5-6-28(2)14(8-15)9-17-20-21(28)23(33)26(35)29(3)16(13-7-19(31)38-11-13)10-18(41-17)30(20,29)36/h11-12,14-18,20-25,27,32-34,36H,5-10H2,1-4H3. The average molecular weight is 579 g/mol. The maximum Gasteiger partial charge on any atom is 0.314 e. The van der Waals surface area contributed by atoms with Crippen molar-refractivity contribution in [2.24, 2.45) is 34.5 Å². The third kappa shape index (κ3) is 3.55. The van der Waals surface area contributed by atoms with Gasteiger partial charge in [-0.2, -0.15) is 0 Å². The first kappa shape index (κ1) is 28.3. The van der Waals surface area contributed by atoms with Crippen molar-refractivity contribution in [3.8, 4) is 0 Å². The zero-order chi connectivity index (χ0) is 29.2. The molecule has 4 N–H and O–H groups in total. The van der Waals surface area contributed by atoms with Crippen LogP contribution in [0, 0.1) is 34.5 Å². The molecule has 0 bridgehead atoms. The van der Waals surface area contributed by atoms with Gasteiger partial charge in [-0.1, -0.05) is 6.92 Å². The fourth-order valence-corrected chi connectivity index (χ4v) is 10.3. The van der Waals surface area contributed by atoms with E-state index in [4.69, 9.17) is 23.7 Å². The monoisotopic (exact) mass is 578 g/mol. The summed E-state index contributed by atoms with van der Waals surface area (Å²) in [5, 5.41) is 45.4. The highest BCUT2D eigenvalue weighted by Crippen LogP contribution is 2.72. The predicted octanol–water partition coefficient (Wildman–Crippen LogP) is 0.595. The van der Waals surface area contributed by atoms with E-state index in [0.29, 0.717) is 37.7 Å². The largest absolute Gasteiger partial charge is 0.434 e. The normalized spacial score (nSPS) is 57.7. The highest BCUT2D eigenvalue weighted by atomic mass is 16.7. The molecule has 7 aliphatic rings. The minimum absolute atomic E-state index is 0.0445. The van der Waals surface area contributed by atoms with Gasteiger partial charge in [0.1, 0.15) is 30.0 Å². The molecule has 0 amide bonds. The predicted molar refractivity (Wildman–Crippen MR) is 139 cm³/mol. The fourth-order valence-electron chi connectivity index (χ4n) is 10.3. The van der Waals surface area contributed by atoms with Crippen molar-refractivity contribution in [2.45, 2.75) is 120 Å². The lowest BCUT2D eigenvalue weighted by atomic mass is 9.42. The second kappa shape index (κ2) is 9.28. The van der Waals surface area contributed by atoms with Crippen LogP contribution in [0.5, 0.6) is 0 Å². The summed E-state index contributed by atoms with van der Waals surface area (Å²) in [7, 11) is 1.43. The van der Waals surface area contributed by atoms with Crippen LogP contribution in [0.2, 0.25) is 0 Å². The third-order valence-corrected chi connectivity index (χ3v) is 12.5. The summed E-state index contributed by atoms with van der Waals surface area (Å²) >= 11 is 0. The second-order valence-electron chi connectivity index (χ2n) is 14.1. The first-order valence-corrected chi connectivity index (χ1v) is 15.0. The van der Waals surface area contributed by atoms with Crippen LogP contribution in [0.25, 0.3) is 0 Å².